The van der Waals surface area contributed by atoms with Crippen molar-refractivity contribution in [2.75, 3.05) is 6.54 Å². The molecule has 21 heavy (non-hydrogen) atoms. The Bertz CT molecular complexity index is 583. The predicted octanol–water partition coefficient (Wildman–Crippen LogP) is 2.95. The lowest BCUT2D eigenvalue weighted by Crippen LogP contribution is -2.21. The summed E-state index contributed by atoms with van der Waals surface area (Å²) in [7, 11) is 0. The summed E-state index contributed by atoms with van der Waals surface area (Å²) in [5, 5.41) is 0. The van der Waals surface area contributed by atoms with E-state index in [4.69, 9.17) is 4.74 Å². The minimum Gasteiger partial charge on any atom is -0.473 e. The van der Waals surface area contributed by atoms with Gasteiger partial charge in [0, 0.05) is 18.8 Å². The maximum absolute atomic E-state index is 11.0. The molecule has 108 valence electrons. The first kappa shape index (κ1) is 13.6. The number of carbonyl (C=O) groups excluding carboxylic acids is 1. The van der Waals surface area contributed by atoms with E-state index in [9.17, 15) is 4.79 Å². The van der Waals surface area contributed by atoms with E-state index in [1.54, 1.807) is 0 Å². The summed E-state index contributed by atoms with van der Waals surface area (Å²) < 4.78 is 5.67. The van der Waals surface area contributed by atoms with Crippen LogP contribution in [0, 0.1) is 0 Å². The molecule has 4 heteroatoms. The summed E-state index contributed by atoms with van der Waals surface area (Å²) in [6.45, 7) is 1.34. The van der Waals surface area contributed by atoms with E-state index < -0.39 is 0 Å². The number of hydrogen-bond acceptors (Lipinski definition) is 3. The summed E-state index contributed by atoms with van der Waals surface area (Å²) in [5.74, 6) is 0.609. The minimum absolute atomic E-state index is 0.165. The van der Waals surface area contributed by atoms with Gasteiger partial charge >= 0.3 is 0 Å². The van der Waals surface area contributed by atoms with Crippen LogP contribution in [0.15, 0.2) is 48.7 Å². The second kappa shape index (κ2) is 6.39. The molecule has 1 aliphatic heterocycles. The number of ether oxygens (including phenoxy) is 1. The van der Waals surface area contributed by atoms with Gasteiger partial charge in [-0.15, -0.1) is 0 Å². The Kier molecular flexibility index (Phi) is 4.15. The molecular formula is C17H18N2O2. The molecule has 0 radical (unpaired) electrons. The van der Waals surface area contributed by atoms with E-state index >= 15 is 0 Å². The normalized spacial score (nSPS) is 17.7. The van der Waals surface area contributed by atoms with Gasteiger partial charge in [0.05, 0.1) is 6.04 Å². The average Bonchev–Trinajstić information content (AvgIpc) is 3.03. The van der Waals surface area contributed by atoms with Crippen LogP contribution in [0.5, 0.6) is 5.88 Å². The van der Waals surface area contributed by atoms with Crippen molar-refractivity contribution in [1.29, 1.82) is 0 Å². The van der Waals surface area contributed by atoms with Crippen molar-refractivity contribution >= 4 is 6.41 Å². The standard InChI is InChI=1S/C17H18N2O2/c20-13-19-10-4-7-16(19)15-8-9-17(18-11-15)21-12-14-5-2-1-3-6-14/h1-3,5-6,8-9,11,13,16H,4,7,10,12H2/t16-/m1/s1. The van der Waals surface area contributed by atoms with Gasteiger partial charge in [-0.05, 0) is 24.0 Å². The number of aromatic nitrogens is 1. The molecule has 3 rings (SSSR count). The number of hydrogen-bond donors (Lipinski definition) is 0. The van der Waals surface area contributed by atoms with E-state index in [0.717, 1.165) is 36.9 Å². The molecule has 2 aromatic rings. The van der Waals surface area contributed by atoms with Gasteiger partial charge in [0.1, 0.15) is 6.61 Å². The third-order valence-electron chi connectivity index (χ3n) is 3.80. The third-order valence-corrected chi connectivity index (χ3v) is 3.80. The van der Waals surface area contributed by atoms with Crippen LogP contribution < -0.4 is 4.74 Å². The van der Waals surface area contributed by atoms with Crippen LogP contribution >= 0.6 is 0 Å². The molecule has 1 amide bonds. The highest BCUT2D eigenvalue weighted by atomic mass is 16.5. The fourth-order valence-electron chi connectivity index (χ4n) is 2.68. The topological polar surface area (TPSA) is 42.4 Å². The van der Waals surface area contributed by atoms with Gasteiger partial charge in [-0.2, -0.15) is 0 Å². The second-order valence-electron chi connectivity index (χ2n) is 5.21. The Hall–Kier alpha value is -2.36. The van der Waals surface area contributed by atoms with Gasteiger partial charge in [0.2, 0.25) is 12.3 Å². The van der Waals surface area contributed by atoms with Gasteiger partial charge in [-0.25, -0.2) is 4.98 Å². The van der Waals surface area contributed by atoms with Crippen molar-refractivity contribution in [1.82, 2.24) is 9.88 Å². The zero-order valence-corrected chi connectivity index (χ0v) is 11.8. The quantitative estimate of drug-likeness (QED) is 0.792. The van der Waals surface area contributed by atoms with Crippen molar-refractivity contribution in [3.63, 3.8) is 0 Å². The van der Waals surface area contributed by atoms with E-state index in [-0.39, 0.29) is 6.04 Å². The molecule has 1 aromatic carbocycles. The third kappa shape index (κ3) is 3.21. The van der Waals surface area contributed by atoms with Crippen LogP contribution in [0.4, 0.5) is 0 Å². The lowest BCUT2D eigenvalue weighted by molar-refractivity contribution is -0.118. The molecule has 4 nitrogen and oxygen atoms in total. The van der Waals surface area contributed by atoms with Crippen LogP contribution in [-0.4, -0.2) is 22.8 Å². The lowest BCUT2D eigenvalue weighted by atomic mass is 10.1. The number of rotatable bonds is 5. The Balaban J connectivity index is 1.63. The average molecular weight is 282 g/mol. The summed E-state index contributed by atoms with van der Waals surface area (Å²) in [4.78, 5) is 17.2. The molecule has 1 aliphatic rings. The van der Waals surface area contributed by atoms with Crippen LogP contribution in [0.3, 0.4) is 0 Å². The van der Waals surface area contributed by atoms with Crippen LogP contribution in [0.25, 0.3) is 0 Å². The monoisotopic (exact) mass is 282 g/mol. The van der Waals surface area contributed by atoms with Crippen molar-refractivity contribution < 1.29 is 9.53 Å². The van der Waals surface area contributed by atoms with Crippen LogP contribution in [0.1, 0.15) is 30.0 Å². The van der Waals surface area contributed by atoms with Gasteiger partial charge in [0.25, 0.3) is 0 Å². The molecule has 0 spiro atoms. The van der Waals surface area contributed by atoms with E-state index in [1.165, 1.54) is 0 Å². The maximum atomic E-state index is 11.0. The SMILES string of the molecule is O=CN1CCC[C@@H]1c1ccc(OCc2ccccc2)nc1. The highest BCUT2D eigenvalue weighted by Gasteiger charge is 2.24. The Morgan fingerprint density at radius 3 is 2.81 bits per heavy atom. The summed E-state index contributed by atoms with van der Waals surface area (Å²) >= 11 is 0. The zero-order valence-electron chi connectivity index (χ0n) is 11.8. The predicted molar refractivity (Wildman–Crippen MR) is 79.8 cm³/mol. The molecule has 1 saturated heterocycles. The van der Waals surface area contributed by atoms with Gasteiger partial charge in [-0.3, -0.25) is 4.79 Å². The number of pyridine rings is 1. The molecule has 0 saturated carbocycles. The first-order valence-corrected chi connectivity index (χ1v) is 7.20. The fourth-order valence-corrected chi connectivity index (χ4v) is 2.68. The molecule has 0 unspecified atom stereocenters. The summed E-state index contributed by atoms with van der Waals surface area (Å²) in [5.41, 5.74) is 2.19. The maximum Gasteiger partial charge on any atom is 0.213 e. The van der Waals surface area contributed by atoms with Crippen LogP contribution in [-0.2, 0) is 11.4 Å². The molecule has 1 fully saturated rings. The number of nitrogens with zero attached hydrogens (tertiary/aromatic N) is 2. The van der Waals surface area contributed by atoms with Gasteiger partial charge < -0.3 is 9.64 Å². The Morgan fingerprint density at radius 2 is 2.10 bits per heavy atom. The van der Waals surface area contributed by atoms with Crippen LogP contribution in [0.2, 0.25) is 0 Å². The number of benzene rings is 1. The Morgan fingerprint density at radius 1 is 1.24 bits per heavy atom. The molecule has 0 N–H and O–H groups in total. The highest BCUT2D eigenvalue weighted by molar-refractivity contribution is 5.49. The van der Waals surface area contributed by atoms with Crippen molar-refractivity contribution in [2.24, 2.45) is 0 Å². The van der Waals surface area contributed by atoms with Gasteiger partial charge in [-0.1, -0.05) is 36.4 Å². The first-order valence-electron chi connectivity index (χ1n) is 7.20. The van der Waals surface area contributed by atoms with E-state index in [0.29, 0.717) is 12.5 Å². The van der Waals surface area contributed by atoms with Crippen molar-refractivity contribution in [3.05, 3.63) is 59.8 Å². The zero-order chi connectivity index (χ0) is 14.5. The molecule has 2 heterocycles. The summed E-state index contributed by atoms with van der Waals surface area (Å²) in [6, 6.07) is 14.0. The number of amides is 1. The first-order chi connectivity index (χ1) is 10.4. The summed E-state index contributed by atoms with van der Waals surface area (Å²) in [6.07, 6.45) is 4.80. The molecule has 1 atom stereocenters. The fraction of sp³-hybridized carbons (Fsp3) is 0.294. The minimum atomic E-state index is 0.165. The van der Waals surface area contributed by atoms with Gasteiger partial charge in [0.15, 0.2) is 0 Å². The smallest absolute Gasteiger partial charge is 0.213 e. The van der Waals surface area contributed by atoms with E-state index in [1.807, 2.05) is 53.6 Å². The van der Waals surface area contributed by atoms with Crippen molar-refractivity contribution in [3.8, 4) is 5.88 Å². The largest absolute Gasteiger partial charge is 0.473 e. The molecule has 0 aliphatic carbocycles. The molecular weight excluding hydrogens is 264 g/mol. The van der Waals surface area contributed by atoms with Crippen molar-refractivity contribution in [2.45, 2.75) is 25.5 Å². The molecule has 1 aromatic heterocycles. The number of carbonyl (C=O) groups is 1. The second-order valence-corrected chi connectivity index (χ2v) is 5.21. The highest BCUT2D eigenvalue weighted by Crippen LogP contribution is 2.30. The lowest BCUT2D eigenvalue weighted by Gasteiger charge is -2.19. The Labute approximate surface area is 124 Å². The van der Waals surface area contributed by atoms with E-state index in [2.05, 4.69) is 4.98 Å². The number of likely N-dealkylation sites (tertiary alicyclic amines) is 1. The molecule has 0 bridgehead atoms.